The van der Waals surface area contributed by atoms with Gasteiger partial charge in [0.15, 0.2) is 0 Å². The molecule has 3 aromatic rings. The number of aromatic amines is 1. The summed E-state index contributed by atoms with van der Waals surface area (Å²) in [5, 5.41) is 10.1. The molecule has 0 aliphatic heterocycles. The maximum atomic E-state index is 9.50. The molecule has 1 heterocycles. The molecule has 23 heavy (non-hydrogen) atoms. The third-order valence-electron chi connectivity index (χ3n) is 3.50. The summed E-state index contributed by atoms with van der Waals surface area (Å²) in [6.07, 6.45) is 1.72. The number of hydrogen-bond donors (Lipinski definition) is 1. The molecule has 0 bridgehead atoms. The normalized spacial score (nSPS) is 11.5. The molecule has 0 saturated heterocycles. The van der Waals surface area contributed by atoms with Crippen molar-refractivity contribution >= 4 is 34.3 Å². The number of hydrogen-bond acceptors (Lipinski definition) is 3. The number of halogens is 1. The molecule has 114 valence electrons. The van der Waals surface area contributed by atoms with Gasteiger partial charge < -0.3 is 9.72 Å². The average molecular weight is 324 g/mol. The van der Waals surface area contributed by atoms with Crippen LogP contribution < -0.4 is 4.74 Å². The summed E-state index contributed by atoms with van der Waals surface area (Å²) in [7, 11) is 1.58. The van der Waals surface area contributed by atoms with Gasteiger partial charge >= 0.3 is 0 Å². The van der Waals surface area contributed by atoms with Crippen LogP contribution in [0.5, 0.6) is 5.75 Å². The SMILES string of the molecule is COc1ccc(Cl)cc1/C=C(/C#N)c1nc2ccc(C)cc2[nH]1. The minimum atomic E-state index is 0.416. The molecule has 0 spiro atoms. The van der Waals surface area contributed by atoms with Crippen molar-refractivity contribution in [3.63, 3.8) is 0 Å². The molecule has 2 aromatic carbocycles. The highest BCUT2D eigenvalue weighted by Gasteiger charge is 2.10. The van der Waals surface area contributed by atoms with E-state index in [0.29, 0.717) is 22.2 Å². The number of aryl methyl sites for hydroxylation is 1. The van der Waals surface area contributed by atoms with Crippen molar-refractivity contribution in [2.75, 3.05) is 7.11 Å². The average Bonchev–Trinajstić information content (AvgIpc) is 2.95. The first-order chi connectivity index (χ1) is 11.1. The van der Waals surface area contributed by atoms with E-state index in [0.717, 1.165) is 22.2 Å². The fourth-order valence-electron chi connectivity index (χ4n) is 2.38. The molecule has 5 heteroatoms. The van der Waals surface area contributed by atoms with Gasteiger partial charge in [-0.3, -0.25) is 0 Å². The Morgan fingerprint density at radius 2 is 2.13 bits per heavy atom. The van der Waals surface area contributed by atoms with Crippen LogP contribution in [-0.2, 0) is 0 Å². The van der Waals surface area contributed by atoms with E-state index in [4.69, 9.17) is 16.3 Å². The molecule has 0 unspecified atom stereocenters. The van der Waals surface area contributed by atoms with Crippen LogP contribution >= 0.6 is 11.6 Å². The van der Waals surface area contributed by atoms with E-state index in [1.807, 2.05) is 25.1 Å². The number of ether oxygens (including phenoxy) is 1. The quantitative estimate of drug-likeness (QED) is 0.717. The van der Waals surface area contributed by atoms with E-state index < -0.39 is 0 Å². The number of nitriles is 1. The summed E-state index contributed by atoms with van der Waals surface area (Å²) in [6, 6.07) is 13.4. The number of rotatable bonds is 3. The van der Waals surface area contributed by atoms with Crippen molar-refractivity contribution in [1.82, 2.24) is 9.97 Å². The second-order valence-electron chi connectivity index (χ2n) is 5.16. The standard InChI is InChI=1S/C18H14ClN3O/c1-11-3-5-15-16(7-11)22-18(21-15)13(10-20)8-12-9-14(19)4-6-17(12)23-2/h3-9H,1-2H3,(H,21,22)/b13-8-. The van der Waals surface area contributed by atoms with Crippen molar-refractivity contribution in [3.8, 4) is 11.8 Å². The molecule has 1 N–H and O–H groups in total. The van der Waals surface area contributed by atoms with E-state index in [-0.39, 0.29) is 0 Å². The fourth-order valence-corrected chi connectivity index (χ4v) is 2.56. The Kier molecular flexibility index (Phi) is 4.05. The molecule has 0 fully saturated rings. The summed E-state index contributed by atoms with van der Waals surface area (Å²) in [4.78, 5) is 7.66. The highest BCUT2D eigenvalue weighted by molar-refractivity contribution is 6.30. The first kappa shape index (κ1) is 15.1. The Morgan fingerprint density at radius 3 is 2.87 bits per heavy atom. The Morgan fingerprint density at radius 1 is 1.30 bits per heavy atom. The number of fused-ring (bicyclic) bond motifs is 1. The van der Waals surface area contributed by atoms with E-state index in [2.05, 4.69) is 16.0 Å². The molecule has 3 rings (SSSR count). The van der Waals surface area contributed by atoms with Gasteiger partial charge in [-0.1, -0.05) is 17.7 Å². The molecule has 0 saturated carbocycles. The van der Waals surface area contributed by atoms with Gasteiger partial charge in [0.05, 0.1) is 23.7 Å². The van der Waals surface area contributed by atoms with Gasteiger partial charge in [-0.15, -0.1) is 0 Å². The third-order valence-corrected chi connectivity index (χ3v) is 3.74. The first-order valence-electron chi connectivity index (χ1n) is 7.03. The summed E-state index contributed by atoms with van der Waals surface area (Å²) in [5.41, 5.74) is 4.00. The predicted molar refractivity (Wildman–Crippen MR) is 92.3 cm³/mol. The first-order valence-corrected chi connectivity index (χ1v) is 7.40. The van der Waals surface area contributed by atoms with Gasteiger partial charge in [-0.25, -0.2) is 4.98 Å². The van der Waals surface area contributed by atoms with Crippen LogP contribution in [0.15, 0.2) is 36.4 Å². The molecule has 0 aliphatic rings. The molecule has 4 nitrogen and oxygen atoms in total. The van der Waals surface area contributed by atoms with E-state index >= 15 is 0 Å². The second-order valence-corrected chi connectivity index (χ2v) is 5.60. The Labute approximate surface area is 139 Å². The second kappa shape index (κ2) is 6.15. The van der Waals surface area contributed by atoms with Crippen molar-refractivity contribution in [2.24, 2.45) is 0 Å². The van der Waals surface area contributed by atoms with E-state index in [1.54, 1.807) is 31.4 Å². The summed E-state index contributed by atoms with van der Waals surface area (Å²) >= 11 is 6.04. The summed E-state index contributed by atoms with van der Waals surface area (Å²) < 4.78 is 5.31. The maximum Gasteiger partial charge on any atom is 0.149 e. The number of methoxy groups -OCH3 is 1. The topological polar surface area (TPSA) is 61.7 Å². The fraction of sp³-hybridized carbons (Fsp3) is 0.111. The molecular formula is C18H14ClN3O. The smallest absolute Gasteiger partial charge is 0.149 e. The van der Waals surface area contributed by atoms with Gasteiger partial charge in [0.1, 0.15) is 17.6 Å². The number of aromatic nitrogens is 2. The molecule has 0 atom stereocenters. The highest BCUT2D eigenvalue weighted by Crippen LogP contribution is 2.27. The molecule has 0 amide bonds. The lowest BCUT2D eigenvalue weighted by atomic mass is 10.1. The van der Waals surface area contributed by atoms with Gasteiger partial charge in [0.2, 0.25) is 0 Å². The van der Waals surface area contributed by atoms with E-state index in [9.17, 15) is 5.26 Å². The Hall–Kier alpha value is -2.77. The lowest BCUT2D eigenvalue weighted by Gasteiger charge is -2.05. The van der Waals surface area contributed by atoms with Gasteiger partial charge in [0.25, 0.3) is 0 Å². The van der Waals surface area contributed by atoms with Crippen molar-refractivity contribution in [3.05, 3.63) is 58.4 Å². The van der Waals surface area contributed by atoms with Crippen LogP contribution in [0, 0.1) is 18.3 Å². The monoisotopic (exact) mass is 323 g/mol. The van der Waals surface area contributed by atoms with Crippen LogP contribution in [0.25, 0.3) is 22.7 Å². The minimum absolute atomic E-state index is 0.416. The Balaban J connectivity index is 2.11. The van der Waals surface area contributed by atoms with Crippen LogP contribution in [-0.4, -0.2) is 17.1 Å². The van der Waals surface area contributed by atoms with Gasteiger partial charge in [-0.05, 0) is 48.9 Å². The van der Waals surface area contributed by atoms with Gasteiger partial charge in [-0.2, -0.15) is 5.26 Å². The molecule has 0 aliphatic carbocycles. The largest absolute Gasteiger partial charge is 0.496 e. The third kappa shape index (κ3) is 3.05. The number of imidazole rings is 1. The number of allylic oxidation sites excluding steroid dienone is 1. The highest BCUT2D eigenvalue weighted by atomic mass is 35.5. The molecule has 1 aromatic heterocycles. The zero-order valence-corrected chi connectivity index (χ0v) is 13.5. The number of nitrogens with one attached hydrogen (secondary N) is 1. The molecule has 0 radical (unpaired) electrons. The van der Waals surface area contributed by atoms with Crippen LogP contribution in [0.2, 0.25) is 5.02 Å². The zero-order chi connectivity index (χ0) is 16.4. The maximum absolute atomic E-state index is 9.50. The lowest BCUT2D eigenvalue weighted by molar-refractivity contribution is 0.414. The lowest BCUT2D eigenvalue weighted by Crippen LogP contribution is -1.89. The number of benzene rings is 2. The zero-order valence-electron chi connectivity index (χ0n) is 12.7. The van der Waals surface area contributed by atoms with Crippen molar-refractivity contribution < 1.29 is 4.74 Å². The number of H-pyrrole nitrogens is 1. The predicted octanol–water partition coefficient (Wildman–Crippen LogP) is 4.60. The molecular weight excluding hydrogens is 310 g/mol. The van der Waals surface area contributed by atoms with Crippen molar-refractivity contribution in [2.45, 2.75) is 6.92 Å². The Bertz CT molecular complexity index is 951. The van der Waals surface area contributed by atoms with Crippen LogP contribution in [0.1, 0.15) is 17.0 Å². The number of nitrogens with zero attached hydrogens (tertiary/aromatic N) is 2. The van der Waals surface area contributed by atoms with Gasteiger partial charge in [0, 0.05) is 10.6 Å². The minimum Gasteiger partial charge on any atom is -0.496 e. The van der Waals surface area contributed by atoms with Crippen LogP contribution in [0.4, 0.5) is 0 Å². The van der Waals surface area contributed by atoms with E-state index in [1.165, 1.54) is 0 Å². The summed E-state index contributed by atoms with van der Waals surface area (Å²) in [6.45, 7) is 2.01. The summed E-state index contributed by atoms with van der Waals surface area (Å²) in [5.74, 6) is 1.17. The van der Waals surface area contributed by atoms with Crippen LogP contribution in [0.3, 0.4) is 0 Å². The van der Waals surface area contributed by atoms with Crippen molar-refractivity contribution in [1.29, 1.82) is 5.26 Å².